The van der Waals surface area contributed by atoms with Gasteiger partial charge in [-0.15, -0.1) is 0 Å². The van der Waals surface area contributed by atoms with Crippen molar-refractivity contribution < 1.29 is 19.4 Å². The molecule has 0 radical (unpaired) electrons. The molecular weight excluding hydrogens is 172 g/mol. The molecule has 74 valence electrons. The van der Waals surface area contributed by atoms with Crippen LogP contribution in [0, 0.1) is 0 Å². The molecule has 0 fully saturated rings. The lowest BCUT2D eigenvalue weighted by Gasteiger charge is -1.99. The first kappa shape index (κ1) is 11.7. The van der Waals surface area contributed by atoms with E-state index in [9.17, 15) is 9.59 Å². The fourth-order valence-corrected chi connectivity index (χ4v) is 0.856. The third-order valence-electron chi connectivity index (χ3n) is 1.54. The highest BCUT2D eigenvalue weighted by molar-refractivity contribution is 5.87. The summed E-state index contributed by atoms with van der Waals surface area (Å²) >= 11 is 0. The average molecular weight is 186 g/mol. The van der Waals surface area contributed by atoms with E-state index >= 15 is 0 Å². The average Bonchev–Trinajstić information content (AvgIpc) is 2.11. The van der Waals surface area contributed by atoms with E-state index < -0.39 is 11.9 Å². The van der Waals surface area contributed by atoms with Crippen LogP contribution in [0.4, 0.5) is 0 Å². The molecule has 0 aromatic carbocycles. The van der Waals surface area contributed by atoms with Crippen molar-refractivity contribution in [1.82, 2.24) is 0 Å². The van der Waals surface area contributed by atoms with Crippen molar-refractivity contribution in [2.75, 3.05) is 7.11 Å². The minimum absolute atomic E-state index is 0.0259. The number of methoxy groups -OCH3 is 1. The lowest BCUT2D eigenvalue weighted by Crippen LogP contribution is -2.03. The van der Waals surface area contributed by atoms with Crippen LogP contribution in [0.15, 0.2) is 11.6 Å². The van der Waals surface area contributed by atoms with Crippen molar-refractivity contribution in [1.29, 1.82) is 0 Å². The van der Waals surface area contributed by atoms with Crippen LogP contribution in [0.1, 0.15) is 26.2 Å². The third-order valence-corrected chi connectivity index (χ3v) is 1.54. The van der Waals surface area contributed by atoms with Crippen LogP contribution >= 0.6 is 0 Å². The number of aliphatic carboxylic acids is 1. The molecule has 0 atom stereocenters. The molecule has 0 bridgehead atoms. The number of ether oxygens (including phenoxy) is 1. The van der Waals surface area contributed by atoms with Gasteiger partial charge in [0, 0.05) is 5.57 Å². The number of hydrogen-bond donors (Lipinski definition) is 1. The van der Waals surface area contributed by atoms with Crippen molar-refractivity contribution in [2.45, 2.75) is 26.2 Å². The molecule has 4 heteroatoms. The van der Waals surface area contributed by atoms with Gasteiger partial charge in [-0.1, -0.05) is 19.4 Å². The topological polar surface area (TPSA) is 63.6 Å². The van der Waals surface area contributed by atoms with Crippen molar-refractivity contribution in [3.8, 4) is 0 Å². The van der Waals surface area contributed by atoms with Gasteiger partial charge in [0.1, 0.15) is 0 Å². The van der Waals surface area contributed by atoms with E-state index in [1.165, 1.54) is 13.2 Å². The molecule has 1 N–H and O–H groups in total. The Hall–Kier alpha value is -1.32. The lowest BCUT2D eigenvalue weighted by atomic mass is 10.1. The van der Waals surface area contributed by atoms with Crippen molar-refractivity contribution >= 4 is 11.9 Å². The summed E-state index contributed by atoms with van der Waals surface area (Å²) in [4.78, 5) is 21.3. The standard InChI is InChI=1S/C9H14O4/c1-3-4-7(9(11)12)5-6-8(10)13-2/h5H,3-4,6H2,1-2H3,(H,11,12). The molecule has 0 aliphatic rings. The van der Waals surface area contributed by atoms with Gasteiger partial charge in [0.15, 0.2) is 0 Å². The summed E-state index contributed by atoms with van der Waals surface area (Å²) in [7, 11) is 1.27. The number of carbonyl (C=O) groups is 2. The molecule has 4 nitrogen and oxygen atoms in total. The Morgan fingerprint density at radius 3 is 2.46 bits per heavy atom. The third kappa shape index (κ3) is 5.00. The van der Waals surface area contributed by atoms with Crippen LogP contribution in [0.5, 0.6) is 0 Å². The maximum atomic E-state index is 10.7. The van der Waals surface area contributed by atoms with Gasteiger partial charge < -0.3 is 9.84 Å². The van der Waals surface area contributed by atoms with Gasteiger partial charge in [-0.05, 0) is 6.42 Å². The Bertz CT molecular complexity index is 218. The Labute approximate surface area is 77.2 Å². The second-order valence-corrected chi connectivity index (χ2v) is 2.56. The maximum Gasteiger partial charge on any atom is 0.331 e. The predicted octanol–water partition coefficient (Wildman–Crippen LogP) is 1.36. The first-order valence-electron chi connectivity index (χ1n) is 4.11. The molecule has 0 aromatic rings. The van der Waals surface area contributed by atoms with Crippen molar-refractivity contribution in [2.24, 2.45) is 0 Å². The summed E-state index contributed by atoms with van der Waals surface area (Å²) in [5.74, 6) is -1.39. The van der Waals surface area contributed by atoms with Gasteiger partial charge in [-0.2, -0.15) is 0 Å². The molecule has 0 aliphatic heterocycles. The van der Waals surface area contributed by atoms with Crippen LogP contribution in [0.25, 0.3) is 0 Å². The number of rotatable bonds is 5. The minimum atomic E-state index is -0.967. The molecule has 13 heavy (non-hydrogen) atoms. The van der Waals surface area contributed by atoms with E-state index in [1.807, 2.05) is 6.92 Å². The zero-order valence-electron chi connectivity index (χ0n) is 7.87. The SMILES string of the molecule is CCCC(=CCC(=O)OC)C(=O)O. The van der Waals surface area contributed by atoms with E-state index in [1.54, 1.807) is 0 Å². The van der Waals surface area contributed by atoms with Gasteiger partial charge in [-0.25, -0.2) is 4.79 Å². The van der Waals surface area contributed by atoms with Gasteiger partial charge >= 0.3 is 11.9 Å². The number of carboxylic acid groups (broad SMARTS) is 1. The number of hydrogen-bond acceptors (Lipinski definition) is 3. The highest BCUT2D eigenvalue weighted by Gasteiger charge is 2.06. The van der Waals surface area contributed by atoms with Crippen molar-refractivity contribution in [3.05, 3.63) is 11.6 Å². The van der Waals surface area contributed by atoms with E-state index in [2.05, 4.69) is 4.74 Å². The monoisotopic (exact) mass is 186 g/mol. The fraction of sp³-hybridized carbons (Fsp3) is 0.556. The molecule has 0 heterocycles. The lowest BCUT2D eigenvalue weighted by molar-refractivity contribution is -0.139. The van der Waals surface area contributed by atoms with Gasteiger partial charge in [0.25, 0.3) is 0 Å². The number of carbonyl (C=O) groups excluding carboxylic acids is 1. The second kappa shape index (κ2) is 6.22. The van der Waals surface area contributed by atoms with E-state index in [0.717, 1.165) is 6.42 Å². The summed E-state index contributed by atoms with van der Waals surface area (Å²) in [6, 6.07) is 0. The van der Waals surface area contributed by atoms with Crippen LogP contribution < -0.4 is 0 Å². The van der Waals surface area contributed by atoms with Crippen LogP contribution in [-0.4, -0.2) is 24.2 Å². The molecule has 0 rings (SSSR count). The fourth-order valence-electron chi connectivity index (χ4n) is 0.856. The summed E-state index contributed by atoms with van der Waals surface area (Å²) < 4.78 is 4.38. The molecule has 0 saturated carbocycles. The first-order valence-corrected chi connectivity index (χ1v) is 4.11. The maximum absolute atomic E-state index is 10.7. The Kier molecular flexibility index (Phi) is 5.59. The van der Waals surface area contributed by atoms with Crippen LogP contribution in [-0.2, 0) is 14.3 Å². The Morgan fingerprint density at radius 2 is 2.08 bits per heavy atom. The summed E-state index contributed by atoms with van der Waals surface area (Å²) in [5.41, 5.74) is 0.271. The second-order valence-electron chi connectivity index (χ2n) is 2.56. The normalized spacial score (nSPS) is 11.1. The summed E-state index contributed by atoms with van der Waals surface area (Å²) in [6.45, 7) is 1.88. The molecule has 0 spiro atoms. The Balaban J connectivity index is 4.19. The van der Waals surface area contributed by atoms with Gasteiger partial charge in [0.2, 0.25) is 0 Å². The molecule has 0 aliphatic carbocycles. The van der Waals surface area contributed by atoms with Gasteiger partial charge in [0.05, 0.1) is 13.5 Å². The van der Waals surface area contributed by atoms with E-state index in [4.69, 9.17) is 5.11 Å². The van der Waals surface area contributed by atoms with Crippen molar-refractivity contribution in [3.63, 3.8) is 0 Å². The summed E-state index contributed by atoms with van der Waals surface area (Å²) in [5, 5.41) is 8.67. The molecule has 0 saturated heterocycles. The molecular formula is C9H14O4. The molecule has 0 amide bonds. The largest absolute Gasteiger partial charge is 0.478 e. The first-order chi connectivity index (χ1) is 6.11. The zero-order chi connectivity index (χ0) is 10.3. The molecule has 0 aromatic heterocycles. The molecule has 0 unspecified atom stereocenters. The van der Waals surface area contributed by atoms with Gasteiger partial charge in [-0.3, -0.25) is 4.79 Å². The quantitative estimate of drug-likeness (QED) is 0.520. The summed E-state index contributed by atoms with van der Waals surface area (Å²) in [6.07, 6.45) is 2.65. The number of carboxylic acids is 1. The predicted molar refractivity (Wildman–Crippen MR) is 47.3 cm³/mol. The smallest absolute Gasteiger partial charge is 0.331 e. The van der Waals surface area contributed by atoms with E-state index in [0.29, 0.717) is 6.42 Å². The van der Waals surface area contributed by atoms with Crippen LogP contribution in [0.2, 0.25) is 0 Å². The zero-order valence-corrected chi connectivity index (χ0v) is 7.87. The Morgan fingerprint density at radius 1 is 1.46 bits per heavy atom. The number of esters is 1. The minimum Gasteiger partial charge on any atom is -0.478 e. The highest BCUT2D eigenvalue weighted by Crippen LogP contribution is 2.06. The highest BCUT2D eigenvalue weighted by atomic mass is 16.5. The van der Waals surface area contributed by atoms with Crippen LogP contribution in [0.3, 0.4) is 0 Å². The van der Waals surface area contributed by atoms with E-state index in [-0.39, 0.29) is 12.0 Å².